The molecule has 1 radical (unpaired) electrons. The molecule has 0 bridgehead atoms. The third-order valence-corrected chi connectivity index (χ3v) is 3.89. The summed E-state index contributed by atoms with van der Waals surface area (Å²) in [6.07, 6.45) is 0.415. The first-order chi connectivity index (χ1) is 8.68. The SMILES string of the molecule is CCC(C)(c1ccccc1)C(O)c1ccccc1.[K]. The molecule has 1 N–H and O–H groups in total. The van der Waals surface area contributed by atoms with Gasteiger partial charge in [0.05, 0.1) is 6.10 Å². The quantitative estimate of drug-likeness (QED) is 0.846. The Bertz CT molecular complexity index is 483. The number of benzene rings is 2. The smallest absolute Gasteiger partial charge is 0.0883 e. The summed E-state index contributed by atoms with van der Waals surface area (Å²) in [5, 5.41) is 10.7. The van der Waals surface area contributed by atoms with Gasteiger partial charge in [-0.2, -0.15) is 0 Å². The van der Waals surface area contributed by atoms with E-state index in [4.69, 9.17) is 0 Å². The molecule has 0 heterocycles. The van der Waals surface area contributed by atoms with E-state index in [2.05, 4.69) is 26.0 Å². The van der Waals surface area contributed by atoms with Gasteiger partial charge in [-0.25, -0.2) is 0 Å². The molecule has 0 saturated heterocycles. The van der Waals surface area contributed by atoms with Crippen molar-refractivity contribution in [2.45, 2.75) is 31.8 Å². The number of aliphatic hydroxyl groups excluding tert-OH is 1. The molecule has 95 valence electrons. The van der Waals surface area contributed by atoms with Crippen molar-refractivity contribution >= 4 is 51.4 Å². The van der Waals surface area contributed by atoms with E-state index in [1.54, 1.807) is 0 Å². The summed E-state index contributed by atoms with van der Waals surface area (Å²) >= 11 is 0. The van der Waals surface area contributed by atoms with E-state index < -0.39 is 6.10 Å². The monoisotopic (exact) mass is 279 g/mol. The molecule has 2 aromatic carbocycles. The van der Waals surface area contributed by atoms with Gasteiger partial charge in [-0.3, -0.25) is 0 Å². The largest absolute Gasteiger partial charge is 0.387 e. The van der Waals surface area contributed by atoms with E-state index in [0.29, 0.717) is 0 Å². The Labute approximate surface area is 158 Å². The van der Waals surface area contributed by atoms with E-state index in [9.17, 15) is 5.11 Å². The van der Waals surface area contributed by atoms with Crippen molar-refractivity contribution in [2.24, 2.45) is 0 Å². The summed E-state index contributed by atoms with van der Waals surface area (Å²) in [5.41, 5.74) is 1.91. The van der Waals surface area contributed by atoms with Gasteiger partial charge in [-0.15, -0.1) is 0 Å². The van der Waals surface area contributed by atoms with Crippen LogP contribution < -0.4 is 0 Å². The summed E-state index contributed by atoms with van der Waals surface area (Å²) in [4.78, 5) is 0. The molecule has 0 fully saturated rings. The van der Waals surface area contributed by atoms with Crippen molar-refractivity contribution < 1.29 is 5.11 Å². The zero-order valence-corrected chi connectivity index (χ0v) is 15.1. The van der Waals surface area contributed by atoms with E-state index in [-0.39, 0.29) is 56.8 Å². The van der Waals surface area contributed by atoms with Crippen LogP contribution in [0.15, 0.2) is 60.7 Å². The molecule has 0 aliphatic rings. The van der Waals surface area contributed by atoms with Gasteiger partial charge in [0, 0.05) is 56.8 Å². The Hall–Kier alpha value is 0.0364. The van der Waals surface area contributed by atoms with Crippen LogP contribution in [0, 0.1) is 0 Å². The Morgan fingerprint density at radius 1 is 0.947 bits per heavy atom. The number of rotatable bonds is 4. The van der Waals surface area contributed by atoms with E-state index in [1.165, 1.54) is 5.56 Å². The summed E-state index contributed by atoms with van der Waals surface area (Å²) in [6, 6.07) is 20.1. The van der Waals surface area contributed by atoms with Crippen LogP contribution in [0.1, 0.15) is 37.5 Å². The van der Waals surface area contributed by atoms with Crippen LogP contribution in [0.5, 0.6) is 0 Å². The van der Waals surface area contributed by atoms with E-state index in [0.717, 1.165) is 12.0 Å². The fourth-order valence-electron chi connectivity index (χ4n) is 2.38. The van der Waals surface area contributed by atoms with Crippen molar-refractivity contribution in [3.05, 3.63) is 71.8 Å². The van der Waals surface area contributed by atoms with Gasteiger partial charge in [0.1, 0.15) is 0 Å². The predicted molar refractivity (Wildman–Crippen MR) is 81.2 cm³/mol. The van der Waals surface area contributed by atoms with Gasteiger partial charge in [0.25, 0.3) is 0 Å². The van der Waals surface area contributed by atoms with Crippen LogP contribution in [0.25, 0.3) is 0 Å². The van der Waals surface area contributed by atoms with Crippen LogP contribution in [0.2, 0.25) is 0 Å². The third-order valence-electron chi connectivity index (χ3n) is 3.89. The van der Waals surface area contributed by atoms with Crippen LogP contribution in [0.3, 0.4) is 0 Å². The number of hydrogen-bond acceptors (Lipinski definition) is 1. The van der Waals surface area contributed by atoms with Gasteiger partial charge < -0.3 is 5.11 Å². The summed E-state index contributed by atoms with van der Waals surface area (Å²) in [5.74, 6) is 0. The molecule has 19 heavy (non-hydrogen) atoms. The topological polar surface area (TPSA) is 20.2 Å². The molecule has 0 spiro atoms. The van der Waals surface area contributed by atoms with Crippen molar-refractivity contribution in [2.75, 3.05) is 0 Å². The van der Waals surface area contributed by atoms with Gasteiger partial charge in [0.2, 0.25) is 0 Å². The zero-order chi connectivity index (χ0) is 13.0. The van der Waals surface area contributed by atoms with Gasteiger partial charge in [0.15, 0.2) is 0 Å². The van der Waals surface area contributed by atoms with Gasteiger partial charge in [-0.1, -0.05) is 74.5 Å². The molecule has 1 nitrogen and oxygen atoms in total. The summed E-state index contributed by atoms with van der Waals surface area (Å²) in [7, 11) is 0. The molecule has 0 aliphatic carbocycles. The molecule has 2 rings (SSSR count). The Morgan fingerprint density at radius 3 is 1.89 bits per heavy atom. The minimum atomic E-state index is -0.480. The molecule has 0 saturated carbocycles. The average molecular weight is 279 g/mol. The third kappa shape index (κ3) is 3.78. The minimum absolute atomic E-state index is 0. The summed E-state index contributed by atoms with van der Waals surface area (Å²) in [6.45, 7) is 4.25. The van der Waals surface area contributed by atoms with Crippen molar-refractivity contribution in [1.29, 1.82) is 0 Å². The second-order valence-corrected chi connectivity index (χ2v) is 4.95. The van der Waals surface area contributed by atoms with Gasteiger partial charge >= 0.3 is 0 Å². The second-order valence-electron chi connectivity index (χ2n) is 4.95. The van der Waals surface area contributed by atoms with E-state index in [1.807, 2.05) is 48.5 Å². The van der Waals surface area contributed by atoms with Crippen LogP contribution in [-0.4, -0.2) is 56.5 Å². The minimum Gasteiger partial charge on any atom is -0.387 e. The molecular formula is C17H20KO. The second kappa shape index (κ2) is 7.72. The number of hydrogen-bond donors (Lipinski definition) is 1. The standard InChI is InChI=1S/C17H20O.K/c1-3-17(2,15-12-8-5-9-13-15)16(18)14-10-6-4-7-11-14;/h4-13,16,18H,3H2,1-2H3;. The van der Waals surface area contributed by atoms with E-state index >= 15 is 0 Å². The van der Waals surface area contributed by atoms with Crippen molar-refractivity contribution in [3.8, 4) is 0 Å². The molecule has 0 amide bonds. The summed E-state index contributed by atoms with van der Waals surface area (Å²) < 4.78 is 0. The number of aliphatic hydroxyl groups is 1. The van der Waals surface area contributed by atoms with Crippen molar-refractivity contribution in [3.63, 3.8) is 0 Å². The molecule has 0 aromatic heterocycles. The molecular weight excluding hydrogens is 259 g/mol. The fourth-order valence-corrected chi connectivity index (χ4v) is 2.38. The molecule has 2 unspecified atom stereocenters. The maximum absolute atomic E-state index is 10.7. The van der Waals surface area contributed by atoms with Crippen LogP contribution >= 0.6 is 0 Å². The Balaban J connectivity index is 0.00000180. The molecule has 0 aliphatic heterocycles. The maximum atomic E-state index is 10.7. The Kier molecular flexibility index (Phi) is 6.95. The first kappa shape index (κ1) is 17.1. The first-order valence-corrected chi connectivity index (χ1v) is 6.47. The maximum Gasteiger partial charge on any atom is 0.0883 e. The Morgan fingerprint density at radius 2 is 1.42 bits per heavy atom. The van der Waals surface area contributed by atoms with Crippen LogP contribution in [0.4, 0.5) is 0 Å². The normalized spacial score (nSPS) is 15.1. The van der Waals surface area contributed by atoms with Gasteiger partial charge in [-0.05, 0) is 17.5 Å². The molecule has 2 aromatic rings. The van der Waals surface area contributed by atoms with Crippen LogP contribution in [-0.2, 0) is 5.41 Å². The average Bonchev–Trinajstić information content (AvgIpc) is 2.47. The van der Waals surface area contributed by atoms with Crippen molar-refractivity contribution in [1.82, 2.24) is 0 Å². The molecule has 2 heteroatoms. The predicted octanol–water partition coefficient (Wildman–Crippen LogP) is 3.71. The first-order valence-electron chi connectivity index (χ1n) is 6.47. The molecule has 2 atom stereocenters. The fraction of sp³-hybridized carbons (Fsp3) is 0.294. The zero-order valence-electron chi connectivity index (χ0n) is 12.0.